The molecule has 1 aliphatic rings. The molecule has 1 aliphatic heterocycles. The molecule has 214 valence electrons. The molecule has 6 aromatic carbocycles. The van der Waals surface area contributed by atoms with E-state index in [4.69, 9.17) is 9.31 Å². The van der Waals surface area contributed by atoms with Crippen LogP contribution in [-0.4, -0.2) is 18.3 Å². The molecule has 3 heteroatoms. The van der Waals surface area contributed by atoms with Crippen LogP contribution in [0.2, 0.25) is 0 Å². The Hall–Kier alpha value is -3.92. The fraction of sp³-hybridized carbons (Fsp3) is 0.250. The second-order valence-electron chi connectivity index (χ2n) is 13.0. The largest absolute Gasteiger partial charge is 0.494 e. The molecule has 43 heavy (non-hydrogen) atoms. The van der Waals surface area contributed by atoms with Gasteiger partial charge in [-0.2, -0.15) is 0 Å². The smallest absolute Gasteiger partial charge is 0.399 e. The topological polar surface area (TPSA) is 18.5 Å². The van der Waals surface area contributed by atoms with Crippen molar-refractivity contribution in [2.75, 3.05) is 0 Å². The van der Waals surface area contributed by atoms with E-state index in [0.29, 0.717) is 0 Å². The minimum Gasteiger partial charge on any atom is -0.399 e. The predicted molar refractivity (Wildman–Crippen MR) is 184 cm³/mol. The highest BCUT2D eigenvalue weighted by molar-refractivity contribution is 6.62. The Balaban J connectivity index is 1.54. The summed E-state index contributed by atoms with van der Waals surface area (Å²) in [4.78, 5) is 0. The van der Waals surface area contributed by atoms with Crippen molar-refractivity contribution in [1.82, 2.24) is 0 Å². The van der Waals surface area contributed by atoms with Crippen LogP contribution in [0.15, 0.2) is 103 Å². The summed E-state index contributed by atoms with van der Waals surface area (Å²) in [6, 6.07) is 38.5. The number of hydrogen-bond donors (Lipinski definition) is 0. The summed E-state index contributed by atoms with van der Waals surface area (Å²) in [5.74, 6) is 0. The summed E-state index contributed by atoms with van der Waals surface area (Å²) < 4.78 is 13.0. The van der Waals surface area contributed by atoms with Crippen LogP contribution in [0, 0.1) is 0 Å². The summed E-state index contributed by atoms with van der Waals surface area (Å²) in [5, 5.41) is 7.50. The van der Waals surface area contributed by atoms with Crippen LogP contribution >= 0.6 is 0 Å². The van der Waals surface area contributed by atoms with E-state index in [1.165, 1.54) is 65.7 Å². The third-order valence-corrected chi connectivity index (χ3v) is 9.87. The van der Waals surface area contributed by atoms with Crippen molar-refractivity contribution in [3.63, 3.8) is 0 Å². The molecule has 6 aromatic rings. The molecule has 0 N–H and O–H groups in total. The van der Waals surface area contributed by atoms with Gasteiger partial charge in [0.1, 0.15) is 0 Å². The van der Waals surface area contributed by atoms with E-state index in [1.54, 1.807) is 0 Å². The first-order valence-corrected chi connectivity index (χ1v) is 15.7. The maximum Gasteiger partial charge on any atom is 0.494 e. The first kappa shape index (κ1) is 27.9. The lowest BCUT2D eigenvalue weighted by atomic mass is 9.77. The Kier molecular flexibility index (Phi) is 6.72. The summed E-state index contributed by atoms with van der Waals surface area (Å²) >= 11 is 0. The first-order chi connectivity index (χ1) is 20.7. The molecule has 0 atom stereocenters. The van der Waals surface area contributed by atoms with Crippen molar-refractivity contribution in [2.45, 2.75) is 65.6 Å². The molecule has 1 heterocycles. The van der Waals surface area contributed by atoms with Gasteiger partial charge >= 0.3 is 7.12 Å². The van der Waals surface area contributed by atoms with E-state index in [0.717, 1.165) is 18.3 Å². The number of hydrogen-bond acceptors (Lipinski definition) is 2. The van der Waals surface area contributed by atoms with Crippen molar-refractivity contribution in [3.8, 4) is 22.3 Å². The van der Waals surface area contributed by atoms with Gasteiger partial charge in [0.05, 0.1) is 11.2 Å². The van der Waals surface area contributed by atoms with Crippen molar-refractivity contribution >= 4 is 44.9 Å². The fourth-order valence-corrected chi connectivity index (χ4v) is 6.46. The second-order valence-corrected chi connectivity index (χ2v) is 13.0. The van der Waals surface area contributed by atoms with Crippen LogP contribution in [0.1, 0.15) is 52.7 Å². The highest BCUT2D eigenvalue weighted by Crippen LogP contribution is 2.42. The van der Waals surface area contributed by atoms with Gasteiger partial charge in [-0.3, -0.25) is 0 Å². The molecule has 0 radical (unpaired) electrons. The molecule has 0 aliphatic carbocycles. The average Bonchev–Trinajstić information content (AvgIpc) is 3.26. The van der Waals surface area contributed by atoms with Gasteiger partial charge in [-0.1, -0.05) is 105 Å². The van der Waals surface area contributed by atoms with Crippen LogP contribution in [0.3, 0.4) is 0 Å². The van der Waals surface area contributed by atoms with Gasteiger partial charge in [-0.05, 0) is 124 Å². The minimum absolute atomic E-state index is 0.397. The molecule has 0 aromatic heterocycles. The molecule has 0 bridgehead atoms. The van der Waals surface area contributed by atoms with Gasteiger partial charge < -0.3 is 9.31 Å². The van der Waals surface area contributed by atoms with Crippen molar-refractivity contribution in [2.24, 2.45) is 0 Å². The Morgan fingerprint density at radius 2 is 0.930 bits per heavy atom. The summed E-state index contributed by atoms with van der Waals surface area (Å²) in [6.45, 7) is 12.9. The lowest BCUT2D eigenvalue weighted by Crippen LogP contribution is -2.41. The number of fused-ring (bicyclic) bond motifs is 5. The van der Waals surface area contributed by atoms with Crippen molar-refractivity contribution in [3.05, 3.63) is 114 Å². The third-order valence-electron chi connectivity index (χ3n) is 9.87. The quantitative estimate of drug-likeness (QED) is 0.154. The molecule has 0 unspecified atom stereocenters. The summed E-state index contributed by atoms with van der Waals surface area (Å²) in [5.41, 5.74) is 7.93. The summed E-state index contributed by atoms with van der Waals surface area (Å²) in [6.07, 6.45) is 2.07. The second kappa shape index (κ2) is 10.4. The minimum atomic E-state index is -0.418. The van der Waals surface area contributed by atoms with Gasteiger partial charge in [-0.25, -0.2) is 0 Å². The van der Waals surface area contributed by atoms with E-state index in [1.807, 2.05) is 0 Å². The van der Waals surface area contributed by atoms with Gasteiger partial charge in [0.2, 0.25) is 0 Å². The monoisotopic (exact) mass is 562 g/mol. The van der Waals surface area contributed by atoms with Crippen molar-refractivity contribution < 1.29 is 9.31 Å². The number of benzene rings is 6. The van der Waals surface area contributed by atoms with Crippen LogP contribution in [-0.2, 0) is 22.2 Å². The molecule has 2 nitrogen and oxygen atoms in total. The third kappa shape index (κ3) is 4.67. The fourth-order valence-electron chi connectivity index (χ4n) is 6.46. The standard InChI is InChI=1S/C40H39BO2/c1-7-26-13-17-28(18-14-26)34-25-38-36-23-30(41-42-39(3,4)40(5,6)43-41)21-22-33(36)35(29-19-15-27(8-2)16-20-29)24-37(38)32-12-10-9-11-31(32)34/h9-25H,7-8H2,1-6H3. The van der Waals surface area contributed by atoms with E-state index in [-0.39, 0.29) is 0 Å². The molecule has 7 rings (SSSR count). The van der Waals surface area contributed by atoms with E-state index in [2.05, 4.69) is 145 Å². The Morgan fingerprint density at radius 3 is 1.44 bits per heavy atom. The maximum atomic E-state index is 6.51. The first-order valence-electron chi connectivity index (χ1n) is 15.7. The van der Waals surface area contributed by atoms with Crippen LogP contribution in [0.25, 0.3) is 54.6 Å². The van der Waals surface area contributed by atoms with Crippen molar-refractivity contribution in [1.29, 1.82) is 0 Å². The Labute approximate surface area is 255 Å². The molecular formula is C40H39BO2. The van der Waals surface area contributed by atoms with Gasteiger partial charge in [0, 0.05) is 0 Å². The van der Waals surface area contributed by atoms with E-state index < -0.39 is 18.3 Å². The summed E-state index contributed by atoms with van der Waals surface area (Å²) in [7, 11) is -0.418. The Morgan fingerprint density at radius 1 is 0.488 bits per heavy atom. The van der Waals surface area contributed by atoms with Gasteiger partial charge in [-0.15, -0.1) is 0 Å². The molecule has 0 amide bonds. The molecule has 0 spiro atoms. The highest BCUT2D eigenvalue weighted by Gasteiger charge is 2.51. The lowest BCUT2D eigenvalue weighted by Gasteiger charge is -2.32. The normalized spacial score (nSPS) is 16.0. The van der Waals surface area contributed by atoms with Gasteiger partial charge in [0.15, 0.2) is 0 Å². The molecule has 0 saturated carbocycles. The zero-order valence-corrected chi connectivity index (χ0v) is 26.1. The van der Waals surface area contributed by atoms with Crippen LogP contribution < -0.4 is 5.46 Å². The van der Waals surface area contributed by atoms with Gasteiger partial charge in [0.25, 0.3) is 0 Å². The number of rotatable bonds is 5. The zero-order chi connectivity index (χ0) is 29.9. The van der Waals surface area contributed by atoms with E-state index in [9.17, 15) is 0 Å². The maximum absolute atomic E-state index is 6.51. The molecular weight excluding hydrogens is 523 g/mol. The lowest BCUT2D eigenvalue weighted by molar-refractivity contribution is 0.00578. The SMILES string of the molecule is CCc1ccc(-c2cc3c4cc(B5OC(C)(C)C(C)(C)O5)ccc4c(-c4ccc(CC)cc4)cc3c3ccccc23)cc1. The molecule has 1 saturated heterocycles. The van der Waals surface area contributed by atoms with Crippen LogP contribution in [0.5, 0.6) is 0 Å². The number of aryl methyl sites for hydroxylation is 2. The van der Waals surface area contributed by atoms with E-state index >= 15 is 0 Å². The van der Waals surface area contributed by atoms with Crippen LogP contribution in [0.4, 0.5) is 0 Å². The Bertz CT molecular complexity index is 1970. The average molecular weight is 563 g/mol. The highest BCUT2D eigenvalue weighted by atomic mass is 16.7. The predicted octanol–water partition coefficient (Wildman–Crippen LogP) is 9.90. The molecule has 1 fully saturated rings. The zero-order valence-electron chi connectivity index (χ0n) is 26.1.